The van der Waals surface area contributed by atoms with Crippen molar-refractivity contribution in [2.45, 2.75) is 39.5 Å². The predicted molar refractivity (Wildman–Crippen MR) is 163 cm³/mol. The zero-order chi connectivity index (χ0) is 26.4. The molecule has 0 aliphatic rings. The maximum Gasteiger partial charge on any atom is 0.116 e. The van der Waals surface area contributed by atoms with E-state index in [1.54, 1.807) is 6.33 Å². The van der Waals surface area contributed by atoms with Crippen LogP contribution in [0, 0.1) is 0 Å². The third-order valence-corrected chi connectivity index (χ3v) is 8.95. The van der Waals surface area contributed by atoms with E-state index >= 15 is 0 Å². The van der Waals surface area contributed by atoms with Gasteiger partial charge in [0.05, 0.1) is 26.8 Å². The third kappa shape index (κ3) is 3.26. The van der Waals surface area contributed by atoms with Crippen molar-refractivity contribution < 1.29 is 0 Å². The summed E-state index contributed by atoms with van der Waals surface area (Å²) in [5.74, 6) is 2.68. The van der Waals surface area contributed by atoms with Crippen LogP contribution >= 0.6 is 11.3 Å². The van der Waals surface area contributed by atoms with Gasteiger partial charge in [-0.15, -0.1) is 11.3 Å². The summed E-state index contributed by atoms with van der Waals surface area (Å²) in [6.45, 7) is 8.65. The van der Waals surface area contributed by atoms with Crippen LogP contribution in [-0.4, -0.2) is 29.9 Å². The normalized spacial score (nSPS) is 12.6. The number of benzene rings is 4. The molecule has 6 nitrogen and oxygen atoms in total. The molecule has 0 spiro atoms. The summed E-state index contributed by atoms with van der Waals surface area (Å²) in [5, 5.41) is 5.80. The first-order valence-electron chi connectivity index (χ1n) is 13.4. The lowest BCUT2D eigenvalue weighted by Crippen LogP contribution is -1.88. The van der Waals surface area contributed by atoms with Crippen molar-refractivity contribution in [2.75, 3.05) is 0 Å². The van der Waals surface area contributed by atoms with E-state index in [-0.39, 0.29) is 0 Å². The van der Waals surface area contributed by atoms with E-state index in [1.807, 2.05) is 17.5 Å². The number of fused-ring (bicyclic) bond motifs is 11. The van der Waals surface area contributed by atoms with Crippen molar-refractivity contribution in [3.63, 3.8) is 0 Å². The molecule has 0 atom stereocenters. The molecule has 0 aliphatic heterocycles. The summed E-state index contributed by atoms with van der Waals surface area (Å²) < 4.78 is 2.51. The van der Waals surface area contributed by atoms with Gasteiger partial charge in [0.2, 0.25) is 0 Å². The van der Waals surface area contributed by atoms with Crippen LogP contribution in [-0.2, 0) is 0 Å². The maximum absolute atomic E-state index is 4.97. The van der Waals surface area contributed by atoms with Crippen LogP contribution in [0.3, 0.4) is 0 Å². The fourth-order valence-electron chi connectivity index (χ4n) is 5.69. The Bertz CT molecular complexity index is 2250. The number of hydrogen-bond acceptors (Lipinski definition) is 5. The first-order valence-corrected chi connectivity index (χ1v) is 14.2. The molecule has 0 radical (unpaired) electrons. The van der Waals surface area contributed by atoms with Gasteiger partial charge in [0.25, 0.3) is 0 Å². The number of imidazole rings is 2. The van der Waals surface area contributed by atoms with E-state index in [2.05, 4.69) is 96.2 Å². The fourth-order valence-corrected chi connectivity index (χ4v) is 6.92. The van der Waals surface area contributed by atoms with Crippen LogP contribution in [0.4, 0.5) is 0 Å². The van der Waals surface area contributed by atoms with Crippen LogP contribution in [0.2, 0.25) is 0 Å². The minimum absolute atomic E-state index is 0.302. The predicted octanol–water partition coefficient (Wildman–Crippen LogP) is 8.82. The standard InChI is InChI=1S/C32H26N6S/c1-15(2)31-35-24-10-9-21-19-7-5-18(12-25(19)39-30(21)28(24)37-31)17-6-8-20-22(11-17)23-13-33-14-34-26(23)29-27(20)36-32(38-29)16(3)4/h5-16H,1-4H3,(H,35,37)(H,36,38). The Hall–Kier alpha value is -4.36. The van der Waals surface area contributed by atoms with Crippen LogP contribution in [0.1, 0.15) is 51.2 Å². The summed E-state index contributed by atoms with van der Waals surface area (Å²) in [6.07, 6.45) is 3.53. The minimum Gasteiger partial charge on any atom is -0.342 e. The first-order chi connectivity index (χ1) is 19.0. The van der Waals surface area contributed by atoms with Gasteiger partial charge in [0.1, 0.15) is 23.5 Å². The number of H-pyrrole nitrogens is 2. The zero-order valence-corrected chi connectivity index (χ0v) is 22.9. The number of hydrogen-bond donors (Lipinski definition) is 2. The Morgan fingerprint density at radius 1 is 0.667 bits per heavy atom. The quantitative estimate of drug-likeness (QED) is 0.225. The van der Waals surface area contributed by atoms with Gasteiger partial charge in [-0.2, -0.15) is 0 Å². The van der Waals surface area contributed by atoms with Crippen LogP contribution in [0.15, 0.2) is 61.1 Å². The monoisotopic (exact) mass is 526 g/mol. The van der Waals surface area contributed by atoms with Gasteiger partial charge < -0.3 is 9.97 Å². The van der Waals surface area contributed by atoms with E-state index in [9.17, 15) is 0 Å². The Labute approximate surface area is 228 Å². The van der Waals surface area contributed by atoms with Crippen LogP contribution in [0.25, 0.3) is 75.0 Å². The van der Waals surface area contributed by atoms with Crippen LogP contribution in [0.5, 0.6) is 0 Å². The minimum atomic E-state index is 0.302. The molecule has 0 amide bonds. The number of thiophene rings is 1. The van der Waals surface area contributed by atoms with Crippen LogP contribution < -0.4 is 0 Å². The summed E-state index contributed by atoms with van der Waals surface area (Å²) >= 11 is 1.82. The molecule has 0 fully saturated rings. The average molecular weight is 527 g/mol. The molecular weight excluding hydrogens is 500 g/mol. The molecule has 4 heterocycles. The topological polar surface area (TPSA) is 83.1 Å². The number of nitrogens with zero attached hydrogens (tertiary/aromatic N) is 4. The average Bonchev–Trinajstić information content (AvgIpc) is 3.67. The van der Waals surface area contributed by atoms with E-state index in [0.29, 0.717) is 11.8 Å². The third-order valence-electron chi connectivity index (χ3n) is 7.77. The van der Waals surface area contributed by atoms with Gasteiger partial charge in [0, 0.05) is 44.3 Å². The maximum atomic E-state index is 4.97. The Morgan fingerprint density at radius 2 is 1.38 bits per heavy atom. The molecule has 0 saturated carbocycles. The van der Waals surface area contributed by atoms with Gasteiger partial charge >= 0.3 is 0 Å². The van der Waals surface area contributed by atoms with Crippen molar-refractivity contribution in [3.05, 3.63) is 72.7 Å². The molecule has 8 rings (SSSR count). The molecule has 7 heteroatoms. The summed E-state index contributed by atoms with van der Waals surface area (Å²) in [6, 6.07) is 17.8. The summed E-state index contributed by atoms with van der Waals surface area (Å²) in [4.78, 5) is 26.0. The van der Waals surface area contributed by atoms with Gasteiger partial charge in [-0.1, -0.05) is 58.0 Å². The number of nitrogens with one attached hydrogen (secondary N) is 2. The van der Waals surface area contributed by atoms with Crippen molar-refractivity contribution in [2.24, 2.45) is 0 Å². The molecule has 39 heavy (non-hydrogen) atoms. The van der Waals surface area contributed by atoms with E-state index in [4.69, 9.17) is 9.97 Å². The lowest BCUT2D eigenvalue weighted by molar-refractivity contribution is 0.799. The lowest BCUT2D eigenvalue weighted by Gasteiger charge is -2.08. The summed E-state index contributed by atoms with van der Waals surface area (Å²) in [7, 11) is 0. The van der Waals surface area contributed by atoms with Gasteiger partial charge in [-0.05, 0) is 34.7 Å². The van der Waals surface area contributed by atoms with Crippen molar-refractivity contribution >= 4 is 75.3 Å². The second-order valence-corrected chi connectivity index (χ2v) is 12.0. The molecule has 0 unspecified atom stereocenters. The second kappa shape index (κ2) is 8.07. The lowest BCUT2D eigenvalue weighted by atomic mass is 9.97. The fraction of sp³-hybridized carbons (Fsp3) is 0.188. The highest BCUT2D eigenvalue weighted by molar-refractivity contribution is 7.26. The largest absolute Gasteiger partial charge is 0.342 e. The number of aromatic amines is 2. The molecule has 8 aromatic rings. The SMILES string of the molecule is CC(C)c1nc2c(ccc3c4ccc(-c5ccc6c(c5)c5cncnc5c5[nH]c(C(C)C)nc65)cc4sc32)[nH]1. The Kier molecular flexibility index (Phi) is 4.68. The van der Waals surface area contributed by atoms with Gasteiger partial charge in [-0.3, -0.25) is 0 Å². The zero-order valence-electron chi connectivity index (χ0n) is 22.1. The Balaban J connectivity index is 1.34. The van der Waals surface area contributed by atoms with E-state index < -0.39 is 0 Å². The van der Waals surface area contributed by atoms with Crippen molar-refractivity contribution in [1.29, 1.82) is 0 Å². The second-order valence-electron chi connectivity index (χ2n) is 11.0. The summed E-state index contributed by atoms with van der Waals surface area (Å²) in [5.41, 5.74) is 7.38. The highest BCUT2D eigenvalue weighted by Gasteiger charge is 2.17. The molecule has 4 aromatic carbocycles. The van der Waals surface area contributed by atoms with Gasteiger partial charge in [0.15, 0.2) is 0 Å². The highest BCUT2D eigenvalue weighted by atomic mass is 32.1. The smallest absolute Gasteiger partial charge is 0.116 e. The van der Waals surface area contributed by atoms with E-state index in [0.717, 1.165) is 61.0 Å². The molecule has 0 saturated heterocycles. The molecule has 2 N–H and O–H groups in total. The molecule has 0 aliphatic carbocycles. The molecule has 4 aromatic heterocycles. The van der Waals surface area contributed by atoms with Crippen molar-refractivity contribution in [1.82, 2.24) is 29.9 Å². The number of aromatic nitrogens is 6. The van der Waals surface area contributed by atoms with Crippen molar-refractivity contribution in [3.8, 4) is 11.1 Å². The van der Waals surface area contributed by atoms with E-state index in [1.165, 1.54) is 25.7 Å². The molecule has 0 bridgehead atoms. The van der Waals surface area contributed by atoms with Gasteiger partial charge in [-0.25, -0.2) is 19.9 Å². The number of rotatable bonds is 3. The first kappa shape index (κ1) is 22.6. The molecular formula is C32H26N6S. The highest BCUT2D eigenvalue weighted by Crippen LogP contribution is 2.41. The Morgan fingerprint density at radius 3 is 2.21 bits per heavy atom. The molecule has 190 valence electrons.